The van der Waals surface area contributed by atoms with Gasteiger partial charge in [0.25, 0.3) is 0 Å². The van der Waals surface area contributed by atoms with E-state index in [0.717, 1.165) is 70.6 Å². The molecule has 1 unspecified atom stereocenters. The van der Waals surface area contributed by atoms with Crippen LogP contribution < -0.4 is 5.73 Å². The van der Waals surface area contributed by atoms with Crippen molar-refractivity contribution in [3.05, 3.63) is 48.6 Å². The van der Waals surface area contributed by atoms with Gasteiger partial charge in [-0.05, 0) is 51.4 Å². The fraction of sp³-hybridized carbons (Fsp3) is 0.750. The average Bonchev–Trinajstić information content (AvgIpc) is 3.17. The van der Waals surface area contributed by atoms with Crippen LogP contribution in [0.25, 0.3) is 0 Å². The minimum Gasteiger partial charge on any atom is -0.480 e. The zero-order chi connectivity index (χ0) is 41.4. The molecule has 11 nitrogen and oxygen atoms in total. The lowest BCUT2D eigenvalue weighted by Crippen LogP contribution is -2.34. The van der Waals surface area contributed by atoms with Crippen molar-refractivity contribution in [2.24, 2.45) is 5.73 Å². The molecule has 4 N–H and O–H groups in total. The number of phosphoric acid groups is 1. The lowest BCUT2D eigenvalue weighted by atomic mass is 10.0. The van der Waals surface area contributed by atoms with Crippen LogP contribution in [0.1, 0.15) is 181 Å². The quantitative estimate of drug-likeness (QED) is 0.0233. The molecule has 0 saturated heterocycles. The Morgan fingerprint density at radius 3 is 1.50 bits per heavy atom. The summed E-state index contributed by atoms with van der Waals surface area (Å²) in [7, 11) is -4.72. The van der Waals surface area contributed by atoms with Crippen LogP contribution in [-0.2, 0) is 37.5 Å². The molecule has 0 aromatic rings. The summed E-state index contributed by atoms with van der Waals surface area (Å²) in [6, 6.07) is -1.53. The normalized spacial score (nSPS) is 14.2. The number of hydrogen-bond acceptors (Lipinski definition) is 9. The molecule has 0 amide bonds. The summed E-state index contributed by atoms with van der Waals surface area (Å²) in [5.74, 6) is -2.41. The topological polar surface area (TPSA) is 172 Å². The molecular formula is C44H78NO10P. The second-order valence-corrected chi connectivity index (χ2v) is 15.9. The number of aliphatic carboxylic acids is 1. The molecule has 0 radical (unpaired) electrons. The zero-order valence-corrected chi connectivity index (χ0v) is 35.9. The fourth-order valence-corrected chi connectivity index (χ4v) is 6.48. The Hall–Kier alpha value is -2.56. The van der Waals surface area contributed by atoms with Crippen LogP contribution in [-0.4, -0.2) is 59.9 Å². The standard InChI is InChI=1S/C44H78NO10P/c1-3-5-7-9-11-13-15-17-19-20-22-24-26-28-30-32-34-36-43(47)55-40(38-53-56(50,51)54-39-41(45)44(48)49)37-52-42(46)35-33-31-29-27-25-23-21-18-16-14-12-10-8-6-4-2/h5,7,11,13,17,19,22,24,40-41H,3-4,6,8-10,12,14-16,18,20-21,23,25-39,45H2,1-2H3,(H,48,49)(H,50,51)/b7-5-,13-11-,19-17-,24-22-/t40-,41+/m1/s1. The Bertz CT molecular complexity index is 1140. The highest BCUT2D eigenvalue weighted by Crippen LogP contribution is 2.43. The van der Waals surface area contributed by atoms with Crippen molar-refractivity contribution in [2.75, 3.05) is 19.8 Å². The summed E-state index contributed by atoms with van der Waals surface area (Å²) in [6.07, 6.45) is 43.1. The van der Waals surface area contributed by atoms with Crippen LogP contribution in [0.15, 0.2) is 48.6 Å². The van der Waals surface area contributed by atoms with Crippen LogP contribution in [0.5, 0.6) is 0 Å². The predicted molar refractivity (Wildman–Crippen MR) is 226 cm³/mol. The van der Waals surface area contributed by atoms with Crippen LogP contribution in [0.2, 0.25) is 0 Å². The largest absolute Gasteiger partial charge is 0.480 e. The van der Waals surface area contributed by atoms with E-state index in [1.807, 2.05) is 0 Å². The average molecular weight is 812 g/mol. The lowest BCUT2D eigenvalue weighted by molar-refractivity contribution is -0.161. The molecule has 0 aliphatic heterocycles. The number of nitrogens with two attached hydrogens (primary N) is 1. The predicted octanol–water partition coefficient (Wildman–Crippen LogP) is 11.4. The maximum Gasteiger partial charge on any atom is 0.472 e. The molecule has 0 heterocycles. The molecule has 324 valence electrons. The van der Waals surface area contributed by atoms with E-state index in [0.29, 0.717) is 12.8 Å². The molecule has 3 atom stereocenters. The Morgan fingerprint density at radius 2 is 1.00 bits per heavy atom. The van der Waals surface area contributed by atoms with E-state index in [4.69, 9.17) is 24.8 Å². The maximum absolute atomic E-state index is 12.6. The van der Waals surface area contributed by atoms with Crippen molar-refractivity contribution in [1.82, 2.24) is 0 Å². The van der Waals surface area contributed by atoms with Crippen LogP contribution in [0.4, 0.5) is 0 Å². The van der Waals surface area contributed by atoms with Gasteiger partial charge in [-0.3, -0.25) is 23.4 Å². The molecule has 0 aliphatic rings. The van der Waals surface area contributed by atoms with E-state index in [9.17, 15) is 23.8 Å². The second-order valence-electron chi connectivity index (χ2n) is 14.5. The molecule has 12 heteroatoms. The first kappa shape index (κ1) is 53.4. The molecule has 0 saturated carbocycles. The number of carbonyl (C=O) groups is 3. The minimum absolute atomic E-state index is 0.133. The Labute approximate surface area is 339 Å². The Morgan fingerprint density at radius 1 is 0.571 bits per heavy atom. The van der Waals surface area contributed by atoms with Gasteiger partial charge in [0.1, 0.15) is 12.6 Å². The van der Waals surface area contributed by atoms with E-state index in [1.165, 1.54) is 70.6 Å². The lowest BCUT2D eigenvalue weighted by Gasteiger charge is -2.20. The van der Waals surface area contributed by atoms with Gasteiger partial charge in [-0.1, -0.05) is 165 Å². The molecule has 0 aliphatic carbocycles. The molecule has 0 aromatic heterocycles. The van der Waals surface area contributed by atoms with Crippen LogP contribution in [0.3, 0.4) is 0 Å². The van der Waals surface area contributed by atoms with Crippen molar-refractivity contribution >= 4 is 25.7 Å². The highest BCUT2D eigenvalue weighted by atomic mass is 31.2. The minimum atomic E-state index is -4.72. The molecular weight excluding hydrogens is 733 g/mol. The van der Waals surface area contributed by atoms with Crippen molar-refractivity contribution in [3.8, 4) is 0 Å². The maximum atomic E-state index is 12.6. The van der Waals surface area contributed by atoms with Crippen molar-refractivity contribution in [2.45, 2.75) is 193 Å². The summed E-state index contributed by atoms with van der Waals surface area (Å²) >= 11 is 0. The third kappa shape index (κ3) is 38.3. The summed E-state index contributed by atoms with van der Waals surface area (Å²) in [5, 5.41) is 8.89. The molecule has 0 spiro atoms. The van der Waals surface area contributed by atoms with Gasteiger partial charge >= 0.3 is 25.7 Å². The van der Waals surface area contributed by atoms with Gasteiger partial charge in [0, 0.05) is 12.8 Å². The van der Waals surface area contributed by atoms with Gasteiger partial charge in [-0.2, -0.15) is 0 Å². The first-order valence-electron chi connectivity index (χ1n) is 21.7. The van der Waals surface area contributed by atoms with E-state index in [1.54, 1.807) is 0 Å². The van der Waals surface area contributed by atoms with Gasteiger partial charge in [0.05, 0.1) is 13.2 Å². The molecule has 0 aromatic carbocycles. The zero-order valence-electron chi connectivity index (χ0n) is 35.0. The van der Waals surface area contributed by atoms with E-state index in [-0.39, 0.29) is 19.4 Å². The number of hydrogen-bond donors (Lipinski definition) is 3. The van der Waals surface area contributed by atoms with Crippen molar-refractivity contribution < 1.29 is 47.5 Å². The first-order chi connectivity index (χ1) is 27.1. The van der Waals surface area contributed by atoms with E-state index < -0.39 is 51.1 Å². The monoisotopic (exact) mass is 812 g/mol. The Balaban J connectivity index is 4.41. The van der Waals surface area contributed by atoms with Gasteiger partial charge in [-0.15, -0.1) is 0 Å². The first-order valence-corrected chi connectivity index (χ1v) is 23.2. The molecule has 56 heavy (non-hydrogen) atoms. The second kappa shape index (κ2) is 39.3. The SMILES string of the molecule is CC/C=C\C/C=C\C/C=C\C/C=C\CCCCCCC(=O)O[C@H](COC(=O)CCCCCCCCCCCCCCCCC)COP(=O)(O)OC[C@H](N)C(=O)O. The number of phosphoric ester groups is 1. The number of esters is 2. The van der Waals surface area contributed by atoms with Gasteiger partial charge < -0.3 is 25.2 Å². The summed E-state index contributed by atoms with van der Waals surface area (Å²) in [6.45, 7) is 2.67. The number of allylic oxidation sites excluding steroid dienone is 8. The van der Waals surface area contributed by atoms with Crippen LogP contribution in [0, 0.1) is 0 Å². The third-order valence-corrected chi connectivity index (χ3v) is 10.0. The number of rotatable bonds is 40. The van der Waals surface area contributed by atoms with Crippen molar-refractivity contribution in [1.29, 1.82) is 0 Å². The fourth-order valence-electron chi connectivity index (χ4n) is 5.70. The van der Waals surface area contributed by atoms with E-state index >= 15 is 0 Å². The Kier molecular flexibility index (Phi) is 37.5. The summed E-state index contributed by atoms with van der Waals surface area (Å²) < 4.78 is 32.7. The smallest absolute Gasteiger partial charge is 0.472 e. The summed E-state index contributed by atoms with van der Waals surface area (Å²) in [5.41, 5.74) is 5.33. The highest BCUT2D eigenvalue weighted by Gasteiger charge is 2.28. The molecule has 0 rings (SSSR count). The number of carboxylic acids is 1. The van der Waals surface area contributed by atoms with Gasteiger partial charge in [0.2, 0.25) is 0 Å². The number of unbranched alkanes of at least 4 members (excludes halogenated alkanes) is 18. The number of carbonyl (C=O) groups excluding carboxylic acids is 2. The third-order valence-electron chi connectivity index (χ3n) is 9.09. The number of ether oxygens (including phenoxy) is 2. The summed E-state index contributed by atoms with van der Waals surface area (Å²) in [4.78, 5) is 45.9. The molecule has 0 bridgehead atoms. The van der Waals surface area contributed by atoms with Gasteiger partial charge in [-0.25, -0.2) is 4.57 Å². The van der Waals surface area contributed by atoms with Crippen LogP contribution >= 0.6 is 7.82 Å². The van der Waals surface area contributed by atoms with E-state index in [2.05, 4.69) is 67.0 Å². The number of carboxylic acid groups (broad SMARTS) is 1. The van der Waals surface area contributed by atoms with Gasteiger partial charge in [0.15, 0.2) is 6.10 Å². The van der Waals surface area contributed by atoms with Crippen molar-refractivity contribution in [3.63, 3.8) is 0 Å². The molecule has 0 fully saturated rings. The highest BCUT2D eigenvalue weighted by molar-refractivity contribution is 7.47.